The Balaban J connectivity index is 1.07. The summed E-state index contributed by atoms with van der Waals surface area (Å²) in [5.74, 6) is 0. The molecule has 0 radical (unpaired) electrons. The van der Waals surface area contributed by atoms with Crippen molar-refractivity contribution in [3.63, 3.8) is 0 Å². The summed E-state index contributed by atoms with van der Waals surface area (Å²) in [4.78, 5) is 5.35. The maximum atomic E-state index is 6.70. The van der Waals surface area contributed by atoms with E-state index in [0.717, 1.165) is 33.9 Å². The average molecular weight is 830 g/mol. The van der Waals surface area contributed by atoms with Gasteiger partial charge in [0.1, 0.15) is 11.2 Å². The molecule has 0 saturated carbocycles. The lowest BCUT2D eigenvalue weighted by Gasteiger charge is -2.46. The van der Waals surface area contributed by atoms with Gasteiger partial charge in [0.05, 0.1) is 0 Å². The lowest BCUT2D eigenvalue weighted by Crippen LogP contribution is -2.87. The number of allylic oxidation sites excluding steroid dienone is 2. The van der Waals surface area contributed by atoms with E-state index in [1.54, 1.807) is 5.57 Å². The van der Waals surface area contributed by atoms with E-state index < -0.39 is 8.07 Å². The highest BCUT2D eigenvalue weighted by Crippen LogP contribution is 2.52. The molecule has 4 aliphatic rings. The van der Waals surface area contributed by atoms with E-state index in [2.05, 4.69) is 201 Å². The number of rotatable bonds is 4. The zero-order valence-electron chi connectivity index (χ0n) is 35.0. The van der Waals surface area contributed by atoms with Gasteiger partial charge >= 0.3 is 0 Å². The predicted molar refractivity (Wildman–Crippen MR) is 265 cm³/mol. The first kappa shape index (κ1) is 36.4. The quantitative estimate of drug-likeness (QED) is 0.165. The summed E-state index contributed by atoms with van der Waals surface area (Å²) >= 11 is 1.97. The van der Waals surface area contributed by atoms with Gasteiger partial charge in [-0.25, -0.2) is 0 Å². The number of hydrogen-bond donors (Lipinski definition) is 0. The van der Waals surface area contributed by atoms with Crippen molar-refractivity contribution in [2.24, 2.45) is 0 Å². The number of fused-ring (bicyclic) bond motifs is 8. The molecule has 62 heavy (non-hydrogen) atoms. The third kappa shape index (κ3) is 5.01. The highest BCUT2D eigenvalue weighted by molar-refractivity contribution is 8.00. The average Bonchev–Trinajstić information content (AvgIpc) is 3.71. The molecule has 4 heterocycles. The summed E-state index contributed by atoms with van der Waals surface area (Å²) in [6.45, 7) is 4.96. The Kier molecular flexibility index (Phi) is 7.99. The van der Waals surface area contributed by atoms with Crippen LogP contribution in [0.5, 0.6) is 0 Å². The summed E-state index contributed by atoms with van der Waals surface area (Å²) in [5.41, 5.74) is 15.7. The zero-order chi connectivity index (χ0) is 41.2. The normalized spacial score (nSPS) is 16.7. The Morgan fingerprint density at radius 2 is 1.32 bits per heavy atom. The second-order valence-corrected chi connectivity index (χ2v) is 23.0. The van der Waals surface area contributed by atoms with Gasteiger partial charge in [-0.05, 0) is 93.5 Å². The minimum absolute atomic E-state index is 0.0191. The minimum atomic E-state index is -2.82. The van der Waals surface area contributed by atoms with E-state index in [1.165, 1.54) is 94.4 Å². The van der Waals surface area contributed by atoms with Gasteiger partial charge < -0.3 is 9.32 Å². The van der Waals surface area contributed by atoms with Crippen molar-refractivity contribution in [1.82, 2.24) is 0 Å². The molecule has 2 nitrogen and oxygen atoms in total. The first-order valence-corrected chi connectivity index (χ1v) is 25.1. The molecule has 13 rings (SSSR count). The number of para-hydroxylation sites is 3. The fourth-order valence-corrected chi connectivity index (χ4v) is 18.6. The van der Waals surface area contributed by atoms with Crippen LogP contribution >= 0.6 is 11.8 Å². The Labute approximate surface area is 369 Å². The van der Waals surface area contributed by atoms with Gasteiger partial charge in [-0.2, -0.15) is 0 Å². The van der Waals surface area contributed by atoms with Crippen LogP contribution < -0.4 is 42.0 Å². The summed E-state index contributed by atoms with van der Waals surface area (Å²) in [6.07, 6.45) is 4.79. The number of hydrogen-bond acceptors (Lipinski definition) is 3. The highest BCUT2D eigenvalue weighted by atomic mass is 32.2. The maximum Gasteiger partial charge on any atom is 0.243 e. The van der Waals surface area contributed by atoms with Gasteiger partial charge in [0.2, 0.25) is 6.71 Å². The van der Waals surface area contributed by atoms with Crippen LogP contribution in [0.15, 0.2) is 207 Å². The highest BCUT2D eigenvalue weighted by Gasteiger charge is 2.52. The zero-order valence-corrected chi connectivity index (χ0v) is 36.8. The Morgan fingerprint density at radius 3 is 2.16 bits per heavy atom. The molecule has 0 atom stereocenters. The largest absolute Gasteiger partial charge is 0.455 e. The van der Waals surface area contributed by atoms with Crippen molar-refractivity contribution >= 4 is 97.0 Å². The lowest BCUT2D eigenvalue weighted by molar-refractivity contribution is 0.517. The van der Waals surface area contributed by atoms with Crippen molar-refractivity contribution in [3.05, 3.63) is 199 Å². The van der Waals surface area contributed by atoms with E-state index in [-0.39, 0.29) is 12.1 Å². The number of nitrogens with zero attached hydrogens (tertiary/aromatic N) is 1. The van der Waals surface area contributed by atoms with Crippen LogP contribution in [-0.4, -0.2) is 14.8 Å². The molecular weight excluding hydrogens is 786 g/mol. The molecule has 8 aromatic carbocycles. The molecule has 0 amide bonds. The molecule has 1 aliphatic carbocycles. The Hall–Kier alpha value is -6.27. The van der Waals surface area contributed by atoms with Crippen LogP contribution in [-0.2, 0) is 5.41 Å². The van der Waals surface area contributed by atoms with E-state index in [4.69, 9.17) is 4.42 Å². The maximum absolute atomic E-state index is 6.70. The molecule has 0 N–H and O–H groups in total. The molecule has 296 valence electrons. The summed E-state index contributed by atoms with van der Waals surface area (Å²) in [5, 5.41) is 8.12. The SMILES string of the molecule is CC1(C)C2=C(CCCC2)N(c2ccc3c(c2)Sc2cccc4c2B3c2cc(-c3cccc5c3oc3ccccc35)ccc2[Si]4(c2ccccc2)c2ccccc2)c2ccccc21. The lowest BCUT2D eigenvalue weighted by atomic mass is 9.36. The van der Waals surface area contributed by atoms with E-state index in [1.807, 2.05) is 11.8 Å². The van der Waals surface area contributed by atoms with Gasteiger partial charge in [-0.1, -0.05) is 194 Å². The number of anilines is 2. The fraction of sp³-hybridized carbons (Fsp3) is 0.123. The van der Waals surface area contributed by atoms with Crippen molar-refractivity contribution in [2.45, 2.75) is 54.7 Å². The van der Waals surface area contributed by atoms with Crippen molar-refractivity contribution in [3.8, 4) is 11.1 Å². The molecule has 0 fully saturated rings. The third-order valence-electron chi connectivity index (χ3n) is 14.7. The van der Waals surface area contributed by atoms with Crippen LogP contribution in [0.3, 0.4) is 0 Å². The smallest absolute Gasteiger partial charge is 0.243 e. The molecular formula is C57H44BNOSSi. The predicted octanol–water partition coefficient (Wildman–Crippen LogP) is 10.2. The second-order valence-electron chi connectivity index (χ2n) is 18.1. The Bertz CT molecular complexity index is 3290. The molecule has 1 aromatic heterocycles. The molecule has 5 heteroatoms. The van der Waals surface area contributed by atoms with Gasteiger partial charge in [0.15, 0.2) is 8.07 Å². The van der Waals surface area contributed by atoms with E-state index >= 15 is 0 Å². The number of furan rings is 1. The third-order valence-corrected chi connectivity index (χ3v) is 20.8. The minimum Gasteiger partial charge on any atom is -0.455 e. The monoisotopic (exact) mass is 829 g/mol. The molecule has 0 bridgehead atoms. The standard InChI is InChI=1S/C57H44BNOSSi/c1-57(2)44-24-10-12-26-48(44)59(49-27-13-11-25-45(49)57)38-32-33-46-52(36-38)61-51-29-16-30-54-55(51)58(46)47-35-37(41-22-15-23-43-42-21-9-14-28-50(42)60-56(41)43)31-34-53(47)62(54,39-17-5-3-6-18-39)40-19-7-4-8-20-40/h3-10,12,14-24,26,28-36H,11,13,25,27H2,1-2H3. The summed E-state index contributed by atoms with van der Waals surface area (Å²) < 4.78 is 6.70. The van der Waals surface area contributed by atoms with Crippen molar-refractivity contribution in [1.29, 1.82) is 0 Å². The fourth-order valence-electron chi connectivity index (χ4n) is 12.0. The summed E-state index contributed by atoms with van der Waals surface area (Å²) in [7, 11) is -2.82. The molecule has 9 aromatic rings. The van der Waals surface area contributed by atoms with Crippen LogP contribution in [0.4, 0.5) is 11.4 Å². The van der Waals surface area contributed by atoms with Gasteiger partial charge in [0, 0.05) is 48.6 Å². The van der Waals surface area contributed by atoms with Gasteiger partial charge in [0.25, 0.3) is 0 Å². The van der Waals surface area contributed by atoms with Crippen LogP contribution in [0.25, 0.3) is 33.1 Å². The summed E-state index contributed by atoms with van der Waals surface area (Å²) in [6, 6.07) is 69.2. The van der Waals surface area contributed by atoms with Crippen molar-refractivity contribution in [2.75, 3.05) is 4.90 Å². The Morgan fingerprint density at radius 1 is 0.597 bits per heavy atom. The molecule has 3 aliphatic heterocycles. The van der Waals surface area contributed by atoms with Gasteiger partial charge in [-0.3, -0.25) is 0 Å². The van der Waals surface area contributed by atoms with E-state index in [0.29, 0.717) is 0 Å². The van der Waals surface area contributed by atoms with Gasteiger partial charge in [-0.15, -0.1) is 0 Å². The number of benzene rings is 8. The topological polar surface area (TPSA) is 16.4 Å². The first-order valence-electron chi connectivity index (χ1n) is 22.3. The second kappa shape index (κ2) is 13.6. The first-order chi connectivity index (χ1) is 30.5. The molecule has 0 saturated heterocycles. The van der Waals surface area contributed by atoms with Crippen molar-refractivity contribution < 1.29 is 4.42 Å². The van der Waals surface area contributed by atoms with E-state index in [9.17, 15) is 0 Å². The molecule has 0 spiro atoms. The van der Waals surface area contributed by atoms with Crippen LogP contribution in [0.2, 0.25) is 0 Å². The van der Waals surface area contributed by atoms with Crippen LogP contribution in [0.1, 0.15) is 45.1 Å². The molecule has 0 unspecified atom stereocenters. The van der Waals surface area contributed by atoms with Crippen LogP contribution in [0, 0.1) is 0 Å².